The monoisotopic (exact) mass is 273 g/mol. The molecule has 1 heterocycles. The van der Waals surface area contributed by atoms with Gasteiger partial charge in [0, 0.05) is 24.3 Å². The molecule has 1 unspecified atom stereocenters. The van der Waals surface area contributed by atoms with Gasteiger partial charge in [-0.2, -0.15) is 0 Å². The average molecular weight is 274 g/mol. The predicted molar refractivity (Wildman–Crippen MR) is 65.1 cm³/mol. The minimum Gasteiger partial charge on any atom is -0.339 e. The molecule has 2 nitrogen and oxygen atoms in total. The average Bonchev–Trinajstić information content (AvgIpc) is 2.23. The molecule has 0 aromatic rings. The normalized spacial score (nSPS) is 27.5. The lowest BCUT2D eigenvalue weighted by Crippen LogP contribution is -2.45. The van der Waals surface area contributed by atoms with Gasteiger partial charge in [-0.05, 0) is 38.0 Å². The van der Waals surface area contributed by atoms with Crippen molar-refractivity contribution in [3.05, 3.63) is 0 Å². The van der Waals surface area contributed by atoms with Crippen molar-refractivity contribution in [3.63, 3.8) is 0 Å². The third-order valence-electron chi connectivity index (χ3n) is 3.81. The molecule has 2 rings (SSSR count). The largest absolute Gasteiger partial charge is 0.339 e. The van der Waals surface area contributed by atoms with Gasteiger partial charge in [0.15, 0.2) is 0 Å². The fourth-order valence-corrected chi connectivity index (χ4v) is 3.22. The highest BCUT2D eigenvalue weighted by Crippen LogP contribution is 2.31. The van der Waals surface area contributed by atoms with E-state index in [0.29, 0.717) is 17.9 Å². The molecule has 0 radical (unpaired) electrons. The van der Waals surface area contributed by atoms with Crippen molar-refractivity contribution in [1.82, 2.24) is 4.90 Å². The maximum absolute atomic E-state index is 12.1. The highest BCUT2D eigenvalue weighted by atomic mass is 79.9. The summed E-state index contributed by atoms with van der Waals surface area (Å²) in [6, 6.07) is 0.464. The highest BCUT2D eigenvalue weighted by molar-refractivity contribution is 9.09. The first-order valence-electron chi connectivity index (χ1n) is 6.16. The van der Waals surface area contributed by atoms with E-state index >= 15 is 0 Å². The number of hydrogen-bond acceptors (Lipinski definition) is 1. The summed E-state index contributed by atoms with van der Waals surface area (Å²) in [6.45, 7) is 0.988. The van der Waals surface area contributed by atoms with Crippen molar-refractivity contribution in [1.29, 1.82) is 0 Å². The lowest BCUT2D eigenvalue weighted by Gasteiger charge is -2.36. The number of carbonyl (C=O) groups excluding carboxylic acids is 1. The Kier molecular flexibility index (Phi) is 4.06. The Morgan fingerprint density at radius 3 is 2.60 bits per heavy atom. The van der Waals surface area contributed by atoms with Crippen molar-refractivity contribution >= 4 is 21.8 Å². The summed E-state index contributed by atoms with van der Waals surface area (Å²) in [5.74, 6) is 1.11. The minimum absolute atomic E-state index is 0.406. The van der Waals surface area contributed by atoms with Crippen molar-refractivity contribution in [2.75, 3.05) is 11.9 Å². The fourth-order valence-electron chi connectivity index (χ4n) is 2.55. The summed E-state index contributed by atoms with van der Waals surface area (Å²) in [6.07, 6.45) is 8.35. The van der Waals surface area contributed by atoms with Crippen LogP contribution in [0.4, 0.5) is 0 Å². The van der Waals surface area contributed by atoms with Crippen LogP contribution < -0.4 is 0 Å². The number of alkyl halides is 1. The molecule has 0 N–H and O–H groups in total. The fraction of sp³-hybridized carbons (Fsp3) is 0.917. The first-order valence-corrected chi connectivity index (χ1v) is 7.29. The summed E-state index contributed by atoms with van der Waals surface area (Å²) >= 11 is 3.52. The third-order valence-corrected chi connectivity index (χ3v) is 4.56. The van der Waals surface area contributed by atoms with Crippen LogP contribution in [0.5, 0.6) is 0 Å². The van der Waals surface area contributed by atoms with Gasteiger partial charge in [-0.1, -0.05) is 22.4 Å². The Hall–Kier alpha value is -0.0500. The molecular weight excluding hydrogens is 254 g/mol. The topological polar surface area (TPSA) is 20.3 Å². The van der Waals surface area contributed by atoms with Gasteiger partial charge >= 0.3 is 0 Å². The second kappa shape index (κ2) is 5.33. The Balaban J connectivity index is 1.85. The van der Waals surface area contributed by atoms with Crippen molar-refractivity contribution in [2.24, 2.45) is 5.92 Å². The van der Waals surface area contributed by atoms with E-state index in [1.807, 2.05) is 0 Å². The molecule has 1 aliphatic heterocycles. The Morgan fingerprint density at radius 2 is 2.00 bits per heavy atom. The summed E-state index contributed by atoms with van der Waals surface area (Å²) in [5.41, 5.74) is 0. The quantitative estimate of drug-likeness (QED) is 0.724. The van der Waals surface area contributed by atoms with Crippen LogP contribution in [-0.4, -0.2) is 28.7 Å². The Morgan fingerprint density at radius 1 is 1.20 bits per heavy atom. The second-order valence-corrected chi connectivity index (χ2v) is 5.54. The van der Waals surface area contributed by atoms with Gasteiger partial charge in [0.2, 0.25) is 5.91 Å². The minimum atomic E-state index is 0.406. The molecule has 1 amide bonds. The van der Waals surface area contributed by atoms with E-state index < -0.39 is 0 Å². The third kappa shape index (κ3) is 2.74. The molecule has 1 saturated heterocycles. The first kappa shape index (κ1) is 11.4. The van der Waals surface area contributed by atoms with Gasteiger partial charge in [-0.15, -0.1) is 0 Å². The molecule has 0 aromatic carbocycles. The zero-order valence-corrected chi connectivity index (χ0v) is 10.8. The molecule has 0 bridgehead atoms. The number of halogens is 1. The van der Waals surface area contributed by atoms with Crippen LogP contribution in [0.3, 0.4) is 0 Å². The zero-order chi connectivity index (χ0) is 10.7. The van der Waals surface area contributed by atoms with Crippen LogP contribution in [0.2, 0.25) is 0 Å². The predicted octanol–water partition coefficient (Wildman–Crippen LogP) is 2.95. The number of amides is 1. The van der Waals surface area contributed by atoms with Gasteiger partial charge < -0.3 is 4.90 Å². The van der Waals surface area contributed by atoms with Crippen molar-refractivity contribution in [2.45, 2.75) is 51.0 Å². The van der Waals surface area contributed by atoms with E-state index in [9.17, 15) is 4.79 Å². The molecule has 1 aliphatic carbocycles. The molecule has 0 aromatic heterocycles. The molecule has 1 saturated carbocycles. The van der Waals surface area contributed by atoms with E-state index in [4.69, 9.17) is 0 Å². The molecule has 2 fully saturated rings. The lowest BCUT2D eigenvalue weighted by molar-refractivity contribution is -0.135. The van der Waals surface area contributed by atoms with E-state index in [2.05, 4.69) is 20.8 Å². The lowest BCUT2D eigenvalue weighted by atomic mass is 9.82. The van der Waals surface area contributed by atoms with Crippen LogP contribution in [0.15, 0.2) is 0 Å². The van der Waals surface area contributed by atoms with Crippen LogP contribution in [0.1, 0.15) is 44.9 Å². The van der Waals surface area contributed by atoms with E-state index in [0.717, 1.165) is 18.3 Å². The van der Waals surface area contributed by atoms with E-state index in [1.54, 1.807) is 0 Å². The van der Waals surface area contributed by atoms with Crippen LogP contribution in [0, 0.1) is 5.92 Å². The summed E-state index contributed by atoms with van der Waals surface area (Å²) in [7, 11) is 0. The maximum atomic E-state index is 12.1. The van der Waals surface area contributed by atoms with Gasteiger partial charge in [0.1, 0.15) is 0 Å². The van der Waals surface area contributed by atoms with E-state index in [-0.39, 0.29) is 0 Å². The molecule has 1 atom stereocenters. The van der Waals surface area contributed by atoms with Crippen LogP contribution in [-0.2, 0) is 4.79 Å². The SMILES string of the molecule is O=C(CC1CCC1)N1CCCCC1CBr. The summed E-state index contributed by atoms with van der Waals surface area (Å²) in [5, 5.41) is 0.948. The molecular formula is C12H20BrNO. The maximum Gasteiger partial charge on any atom is 0.223 e. The van der Waals surface area contributed by atoms with E-state index in [1.165, 1.54) is 38.5 Å². The van der Waals surface area contributed by atoms with Crippen LogP contribution >= 0.6 is 15.9 Å². The molecule has 15 heavy (non-hydrogen) atoms. The molecule has 0 spiro atoms. The molecule has 3 heteroatoms. The Bertz CT molecular complexity index is 228. The second-order valence-electron chi connectivity index (χ2n) is 4.89. The number of carbonyl (C=O) groups is 1. The smallest absolute Gasteiger partial charge is 0.223 e. The molecule has 86 valence electrons. The standard InChI is InChI=1S/C12H20BrNO/c13-9-11-6-1-2-7-14(11)12(15)8-10-4-3-5-10/h10-11H,1-9H2. The number of rotatable bonds is 3. The zero-order valence-electron chi connectivity index (χ0n) is 9.25. The number of piperidine rings is 1. The number of likely N-dealkylation sites (tertiary alicyclic amines) is 1. The van der Waals surface area contributed by atoms with Crippen molar-refractivity contribution in [3.8, 4) is 0 Å². The highest BCUT2D eigenvalue weighted by Gasteiger charge is 2.29. The van der Waals surface area contributed by atoms with Crippen molar-refractivity contribution < 1.29 is 4.79 Å². The number of nitrogens with zero attached hydrogens (tertiary/aromatic N) is 1. The first-order chi connectivity index (χ1) is 7.31. The van der Waals surface area contributed by atoms with Crippen LogP contribution in [0.25, 0.3) is 0 Å². The van der Waals surface area contributed by atoms with Gasteiger partial charge in [-0.25, -0.2) is 0 Å². The number of hydrogen-bond donors (Lipinski definition) is 0. The molecule has 2 aliphatic rings. The summed E-state index contributed by atoms with van der Waals surface area (Å²) in [4.78, 5) is 14.2. The van der Waals surface area contributed by atoms with Gasteiger partial charge in [0.05, 0.1) is 0 Å². The Labute approximate surface area is 101 Å². The van der Waals surface area contributed by atoms with Gasteiger partial charge in [0.25, 0.3) is 0 Å². The summed E-state index contributed by atoms with van der Waals surface area (Å²) < 4.78 is 0. The van der Waals surface area contributed by atoms with Gasteiger partial charge in [-0.3, -0.25) is 4.79 Å².